The number of ether oxygens (including phenoxy) is 3. The molecule has 1 aromatic carbocycles. The van der Waals surface area contributed by atoms with E-state index >= 15 is 0 Å². The number of unbranched alkanes of at least 4 members (excludes halogenated alkanes) is 2. The Hall–Kier alpha value is -3.61. The summed E-state index contributed by atoms with van der Waals surface area (Å²) in [5.74, 6) is 1.92. The molecule has 1 aromatic heterocycles. The molecule has 4 saturated carbocycles. The van der Waals surface area contributed by atoms with Crippen molar-refractivity contribution in [2.45, 2.75) is 103 Å². The van der Waals surface area contributed by atoms with Crippen LogP contribution in [0.25, 0.3) is 0 Å². The van der Waals surface area contributed by atoms with Crippen molar-refractivity contribution in [1.29, 1.82) is 5.26 Å². The van der Waals surface area contributed by atoms with E-state index in [0.717, 1.165) is 47.6 Å². The number of carbonyl (C=O) groups is 2. The van der Waals surface area contributed by atoms with Gasteiger partial charge in [-0.3, -0.25) is 19.2 Å². The maximum absolute atomic E-state index is 13.6. The van der Waals surface area contributed by atoms with Gasteiger partial charge in [-0.2, -0.15) is 18.4 Å². The standard InChI is InChI=1S/C37H47F3N6O5S/c1-35(2)33(48)46(30-7-6-28(22-41)31(17-30)37(38,39)40)34(52)45(35)9-5-3-4-8-44-23-29(42-43-44)24-50-11-10-49-12-13-51-32(47)21-36-18-25-14-26(19-36)16-27(15-25)20-36/h6-7,17,23,25-27H,3-5,8-16,18-21,24H2,1-2H3. The zero-order valence-electron chi connectivity index (χ0n) is 29.8. The second-order valence-electron chi connectivity index (χ2n) is 15.5. The highest BCUT2D eigenvalue weighted by molar-refractivity contribution is 7.80. The zero-order valence-corrected chi connectivity index (χ0v) is 30.6. The van der Waals surface area contributed by atoms with E-state index in [-0.39, 0.29) is 28.8 Å². The van der Waals surface area contributed by atoms with Gasteiger partial charge < -0.3 is 19.1 Å². The summed E-state index contributed by atoms with van der Waals surface area (Å²) in [6.07, 6.45) is 7.56. The minimum Gasteiger partial charge on any atom is -0.463 e. The van der Waals surface area contributed by atoms with Crippen molar-refractivity contribution < 1.29 is 37.0 Å². The number of anilines is 1. The molecule has 1 saturated heterocycles. The van der Waals surface area contributed by atoms with Crippen molar-refractivity contribution in [2.75, 3.05) is 37.9 Å². The van der Waals surface area contributed by atoms with Crippen LogP contribution in [0.15, 0.2) is 24.4 Å². The minimum atomic E-state index is -4.75. The van der Waals surface area contributed by atoms with Gasteiger partial charge in [-0.05, 0) is 125 Å². The van der Waals surface area contributed by atoms with Crippen molar-refractivity contribution in [1.82, 2.24) is 19.9 Å². The van der Waals surface area contributed by atoms with Crippen molar-refractivity contribution in [3.63, 3.8) is 0 Å². The predicted octanol–water partition coefficient (Wildman–Crippen LogP) is 6.43. The van der Waals surface area contributed by atoms with Gasteiger partial charge in [0.05, 0.1) is 61.9 Å². The van der Waals surface area contributed by atoms with Crippen LogP contribution in [-0.2, 0) is 43.1 Å². The second kappa shape index (κ2) is 15.8. The van der Waals surface area contributed by atoms with E-state index in [0.29, 0.717) is 58.1 Å². The van der Waals surface area contributed by atoms with Crippen LogP contribution in [0.3, 0.4) is 0 Å². The number of carbonyl (C=O) groups excluding carboxylic acids is 2. The molecule has 0 unspecified atom stereocenters. The molecule has 4 aliphatic carbocycles. The number of rotatable bonds is 17. The summed E-state index contributed by atoms with van der Waals surface area (Å²) >= 11 is 5.57. The largest absolute Gasteiger partial charge is 0.463 e. The van der Waals surface area contributed by atoms with E-state index in [1.165, 1.54) is 44.6 Å². The van der Waals surface area contributed by atoms with Gasteiger partial charge >= 0.3 is 12.1 Å². The second-order valence-corrected chi connectivity index (χ2v) is 15.9. The number of alkyl halides is 3. The van der Waals surface area contributed by atoms with Gasteiger partial charge in [-0.25, -0.2) is 0 Å². The Labute approximate surface area is 307 Å². The van der Waals surface area contributed by atoms with E-state index < -0.39 is 28.7 Å². The topological polar surface area (TPSA) is 123 Å². The maximum Gasteiger partial charge on any atom is 0.417 e. The van der Waals surface area contributed by atoms with Crippen LogP contribution in [-0.4, -0.2) is 75.4 Å². The van der Waals surface area contributed by atoms with Gasteiger partial charge in [0, 0.05) is 13.1 Å². The fourth-order valence-corrected chi connectivity index (χ4v) is 9.66. The smallest absolute Gasteiger partial charge is 0.417 e. The molecular weight excluding hydrogens is 698 g/mol. The number of aromatic nitrogens is 3. The molecule has 7 rings (SSSR count). The summed E-state index contributed by atoms with van der Waals surface area (Å²) < 4.78 is 59.2. The Morgan fingerprint density at radius 1 is 1.00 bits per heavy atom. The van der Waals surface area contributed by atoms with Gasteiger partial charge in [0.15, 0.2) is 5.11 Å². The molecular formula is C37H47F3N6O5S. The summed E-state index contributed by atoms with van der Waals surface area (Å²) in [5, 5.41) is 17.6. The first-order chi connectivity index (χ1) is 24.8. The van der Waals surface area contributed by atoms with Crippen molar-refractivity contribution in [3.05, 3.63) is 41.2 Å². The van der Waals surface area contributed by atoms with Gasteiger partial charge in [0.1, 0.15) is 17.8 Å². The van der Waals surface area contributed by atoms with Crippen LogP contribution in [0.4, 0.5) is 18.9 Å². The molecule has 2 aromatic rings. The lowest BCUT2D eigenvalue weighted by Gasteiger charge is -2.56. The Bertz CT molecular complexity index is 1640. The molecule has 15 heteroatoms. The summed E-state index contributed by atoms with van der Waals surface area (Å²) in [5.41, 5.74) is -1.81. The Morgan fingerprint density at radius 3 is 2.33 bits per heavy atom. The average Bonchev–Trinajstić information content (AvgIpc) is 3.59. The highest BCUT2D eigenvalue weighted by Crippen LogP contribution is 2.61. The number of hydrogen-bond acceptors (Lipinski definition) is 9. The Kier molecular flexibility index (Phi) is 11.6. The lowest BCUT2D eigenvalue weighted by Crippen LogP contribution is -2.47. The van der Waals surface area contributed by atoms with Gasteiger partial charge in [-0.15, -0.1) is 5.10 Å². The maximum atomic E-state index is 13.6. The number of nitriles is 1. The molecule has 1 aliphatic heterocycles. The van der Waals surface area contributed by atoms with Crippen LogP contribution >= 0.6 is 12.2 Å². The molecule has 0 atom stereocenters. The summed E-state index contributed by atoms with van der Waals surface area (Å²) in [6.45, 7) is 6.09. The lowest BCUT2D eigenvalue weighted by molar-refractivity contribution is -0.153. The molecule has 52 heavy (non-hydrogen) atoms. The van der Waals surface area contributed by atoms with Gasteiger partial charge in [0.25, 0.3) is 5.91 Å². The predicted molar refractivity (Wildman–Crippen MR) is 188 cm³/mol. The summed E-state index contributed by atoms with van der Waals surface area (Å²) in [6, 6.07) is 4.73. The third-order valence-electron chi connectivity index (χ3n) is 11.2. The zero-order chi connectivity index (χ0) is 37.1. The molecule has 0 spiro atoms. The Balaban J connectivity index is 0.834. The van der Waals surface area contributed by atoms with E-state index in [2.05, 4.69) is 10.3 Å². The van der Waals surface area contributed by atoms with E-state index in [4.69, 9.17) is 31.7 Å². The first-order valence-electron chi connectivity index (χ1n) is 18.3. The van der Waals surface area contributed by atoms with Crippen LogP contribution in [0.2, 0.25) is 0 Å². The molecule has 1 amide bonds. The van der Waals surface area contributed by atoms with Crippen molar-refractivity contribution >= 4 is 34.9 Å². The third-order valence-corrected chi connectivity index (χ3v) is 11.6. The molecule has 5 fully saturated rings. The van der Waals surface area contributed by atoms with Crippen molar-refractivity contribution in [3.8, 4) is 6.07 Å². The van der Waals surface area contributed by atoms with Crippen LogP contribution < -0.4 is 4.90 Å². The van der Waals surface area contributed by atoms with Crippen molar-refractivity contribution in [2.24, 2.45) is 23.2 Å². The average molecular weight is 745 g/mol. The van der Waals surface area contributed by atoms with E-state index in [1.807, 2.05) is 6.20 Å². The van der Waals surface area contributed by atoms with Crippen LogP contribution in [0, 0.1) is 34.5 Å². The first kappa shape index (κ1) is 38.1. The molecule has 282 valence electrons. The third kappa shape index (κ3) is 8.60. The number of halogens is 3. The highest BCUT2D eigenvalue weighted by Gasteiger charge is 2.52. The van der Waals surface area contributed by atoms with E-state index in [9.17, 15) is 22.8 Å². The van der Waals surface area contributed by atoms with Gasteiger partial charge in [-0.1, -0.05) is 5.21 Å². The normalized spacial score (nSPS) is 24.9. The summed E-state index contributed by atoms with van der Waals surface area (Å²) in [4.78, 5) is 28.7. The van der Waals surface area contributed by atoms with E-state index in [1.54, 1.807) is 29.5 Å². The molecule has 4 bridgehead atoms. The van der Waals surface area contributed by atoms with Crippen LogP contribution in [0.5, 0.6) is 0 Å². The molecule has 11 nitrogen and oxygen atoms in total. The number of benzene rings is 1. The summed E-state index contributed by atoms with van der Waals surface area (Å²) in [7, 11) is 0. The molecule has 0 N–H and O–H groups in total. The first-order valence-corrected chi connectivity index (χ1v) is 18.7. The SMILES string of the molecule is CC1(C)C(=O)N(c2ccc(C#N)c(C(F)(F)F)c2)C(=S)N1CCCCCn1cc(COCCOCCOC(=O)CC23CC4CC(CC(C4)C2)C3)nn1. The monoisotopic (exact) mass is 744 g/mol. The lowest BCUT2D eigenvalue weighted by atomic mass is 9.49. The number of nitrogens with zero attached hydrogens (tertiary/aromatic N) is 6. The quantitative estimate of drug-likeness (QED) is 0.102. The number of aryl methyl sites for hydroxylation is 1. The number of hydrogen-bond donors (Lipinski definition) is 0. The fraction of sp³-hybridized carbons (Fsp3) is 0.676. The van der Waals surface area contributed by atoms with Crippen LogP contribution in [0.1, 0.15) is 94.9 Å². The van der Waals surface area contributed by atoms with Gasteiger partial charge in [0.2, 0.25) is 0 Å². The molecule has 2 heterocycles. The number of esters is 1. The number of thiocarbonyl (C=S) groups is 1. The molecule has 0 radical (unpaired) electrons. The molecule has 5 aliphatic rings. The highest BCUT2D eigenvalue weighted by atomic mass is 32.1. The fourth-order valence-electron chi connectivity index (χ4n) is 9.15. The minimum absolute atomic E-state index is 0.0184. The number of amides is 1. The Morgan fingerprint density at radius 2 is 1.65 bits per heavy atom.